The summed E-state index contributed by atoms with van der Waals surface area (Å²) in [5.41, 5.74) is 3.65. The number of fused-ring (bicyclic) bond motifs is 1. The minimum Gasteiger partial charge on any atom is -0.478 e. The van der Waals surface area contributed by atoms with Gasteiger partial charge in [0.2, 0.25) is 0 Å². The van der Waals surface area contributed by atoms with Crippen molar-refractivity contribution in [1.29, 1.82) is 0 Å². The van der Waals surface area contributed by atoms with E-state index >= 15 is 0 Å². The average Bonchev–Trinajstić information content (AvgIpc) is 2.91. The third kappa shape index (κ3) is 3.21. The second-order valence-corrected chi connectivity index (χ2v) is 8.27. The minimum atomic E-state index is -0.938. The van der Waals surface area contributed by atoms with Crippen LogP contribution in [0.15, 0.2) is 42.5 Å². The molecule has 2 aromatic carbocycles. The maximum absolute atomic E-state index is 11.6. The molecule has 4 nitrogen and oxygen atoms in total. The first-order chi connectivity index (χ1) is 13.3. The number of benzene rings is 2. The number of carbonyl (C=O) groups is 2. The zero-order valence-electron chi connectivity index (χ0n) is 16.8. The fourth-order valence-corrected chi connectivity index (χ4v) is 5.21. The summed E-state index contributed by atoms with van der Waals surface area (Å²) in [7, 11) is 0. The topological polar surface area (TPSA) is 74.6 Å². The van der Waals surface area contributed by atoms with Crippen molar-refractivity contribution in [1.82, 2.24) is 0 Å². The summed E-state index contributed by atoms with van der Waals surface area (Å²) in [6, 6.07) is 12.7. The lowest BCUT2D eigenvalue weighted by atomic mass is 9.69. The summed E-state index contributed by atoms with van der Waals surface area (Å²) in [5, 5.41) is 18.8. The van der Waals surface area contributed by atoms with Crippen LogP contribution in [0.4, 0.5) is 0 Å². The van der Waals surface area contributed by atoms with Crippen LogP contribution in [-0.4, -0.2) is 22.2 Å². The van der Waals surface area contributed by atoms with Crippen molar-refractivity contribution < 1.29 is 19.8 Å². The van der Waals surface area contributed by atoms with Gasteiger partial charge >= 0.3 is 11.9 Å². The van der Waals surface area contributed by atoms with E-state index in [9.17, 15) is 19.8 Å². The molecule has 0 bridgehead atoms. The molecule has 148 valence electrons. The third-order valence-corrected chi connectivity index (χ3v) is 6.29. The normalized spacial score (nSPS) is 23.4. The Hall–Kier alpha value is -2.62. The van der Waals surface area contributed by atoms with E-state index in [1.54, 1.807) is 18.2 Å². The van der Waals surface area contributed by atoms with Crippen LogP contribution in [-0.2, 0) is 10.8 Å². The molecule has 0 fully saturated rings. The van der Waals surface area contributed by atoms with Gasteiger partial charge < -0.3 is 10.2 Å². The van der Waals surface area contributed by atoms with Gasteiger partial charge in [-0.05, 0) is 65.6 Å². The van der Waals surface area contributed by atoms with Crippen LogP contribution >= 0.6 is 0 Å². The molecule has 0 aromatic heterocycles. The molecule has 1 aliphatic carbocycles. The minimum absolute atomic E-state index is 0.0260. The third-order valence-electron chi connectivity index (χ3n) is 6.29. The number of hydrogen-bond acceptors (Lipinski definition) is 2. The lowest BCUT2D eigenvalue weighted by molar-refractivity contribution is 0.0686. The Kier molecular flexibility index (Phi) is 5.33. The highest BCUT2D eigenvalue weighted by Gasteiger charge is 2.49. The average molecular weight is 380 g/mol. The zero-order valence-corrected chi connectivity index (χ0v) is 16.8. The van der Waals surface area contributed by atoms with Crippen molar-refractivity contribution in [3.05, 3.63) is 70.3 Å². The van der Waals surface area contributed by atoms with Crippen molar-refractivity contribution in [3.8, 4) is 0 Å². The van der Waals surface area contributed by atoms with Crippen LogP contribution in [0.5, 0.6) is 0 Å². The molecule has 0 saturated carbocycles. The van der Waals surface area contributed by atoms with E-state index in [0.29, 0.717) is 5.56 Å². The van der Waals surface area contributed by atoms with Gasteiger partial charge in [0, 0.05) is 5.41 Å². The molecule has 0 amide bonds. The van der Waals surface area contributed by atoms with E-state index in [-0.39, 0.29) is 16.4 Å². The molecule has 0 spiro atoms. The summed E-state index contributed by atoms with van der Waals surface area (Å²) in [6.45, 7) is 6.60. The van der Waals surface area contributed by atoms with Crippen molar-refractivity contribution in [3.63, 3.8) is 0 Å². The first-order valence-corrected chi connectivity index (χ1v) is 9.99. The summed E-state index contributed by atoms with van der Waals surface area (Å²) < 4.78 is 0. The Morgan fingerprint density at radius 2 is 1.43 bits per heavy atom. The highest BCUT2D eigenvalue weighted by atomic mass is 16.4. The molecule has 2 atom stereocenters. The van der Waals surface area contributed by atoms with Gasteiger partial charge in [0.25, 0.3) is 0 Å². The van der Waals surface area contributed by atoms with E-state index in [1.165, 1.54) is 5.56 Å². The summed E-state index contributed by atoms with van der Waals surface area (Å²) in [4.78, 5) is 22.9. The first-order valence-electron chi connectivity index (χ1n) is 9.99. The second kappa shape index (κ2) is 7.42. The van der Waals surface area contributed by atoms with Crippen molar-refractivity contribution in [2.24, 2.45) is 0 Å². The molecule has 0 saturated heterocycles. The number of rotatable bonds is 7. The molecule has 0 radical (unpaired) electrons. The Labute approximate surface area is 166 Å². The van der Waals surface area contributed by atoms with Crippen LogP contribution in [0.3, 0.4) is 0 Å². The Morgan fingerprint density at radius 1 is 0.857 bits per heavy atom. The molecule has 2 N–H and O–H groups in total. The molecular formula is C24H28O4. The quantitative estimate of drug-likeness (QED) is 0.653. The summed E-state index contributed by atoms with van der Waals surface area (Å²) in [5.74, 6) is -1.86. The second-order valence-electron chi connectivity index (χ2n) is 8.27. The van der Waals surface area contributed by atoms with Gasteiger partial charge in [-0.25, -0.2) is 9.59 Å². The van der Waals surface area contributed by atoms with E-state index in [2.05, 4.69) is 20.8 Å². The summed E-state index contributed by atoms with van der Waals surface area (Å²) in [6.07, 6.45) is 4.85. The molecule has 2 aromatic rings. The highest BCUT2D eigenvalue weighted by molar-refractivity contribution is 5.89. The van der Waals surface area contributed by atoms with Crippen LogP contribution in [0.2, 0.25) is 0 Å². The van der Waals surface area contributed by atoms with Crippen LogP contribution < -0.4 is 0 Å². The molecular weight excluding hydrogens is 352 g/mol. The SMILES string of the molecule is CCCC1(C)CC(CCC)(c2ccc(C(=O)O)cc2)c2cc(C(=O)O)ccc21. The number of carboxylic acid groups (broad SMARTS) is 2. The Bertz CT molecular complexity index is 899. The lowest BCUT2D eigenvalue weighted by Gasteiger charge is -2.34. The Balaban J connectivity index is 2.24. The first kappa shape index (κ1) is 20.1. The van der Waals surface area contributed by atoms with Gasteiger partial charge in [-0.1, -0.05) is 51.8 Å². The van der Waals surface area contributed by atoms with E-state index < -0.39 is 11.9 Å². The molecule has 3 rings (SSSR count). The maximum Gasteiger partial charge on any atom is 0.335 e. The smallest absolute Gasteiger partial charge is 0.335 e. The van der Waals surface area contributed by atoms with Crippen molar-refractivity contribution in [2.75, 3.05) is 0 Å². The maximum atomic E-state index is 11.6. The zero-order chi connectivity index (χ0) is 20.5. The molecule has 28 heavy (non-hydrogen) atoms. The summed E-state index contributed by atoms with van der Waals surface area (Å²) >= 11 is 0. The van der Waals surface area contributed by atoms with E-state index in [4.69, 9.17) is 0 Å². The lowest BCUT2D eigenvalue weighted by Crippen LogP contribution is -2.28. The van der Waals surface area contributed by atoms with Gasteiger partial charge in [-0.15, -0.1) is 0 Å². The van der Waals surface area contributed by atoms with Gasteiger partial charge in [0.1, 0.15) is 0 Å². The predicted octanol–water partition coefficient (Wildman–Crippen LogP) is 5.63. The van der Waals surface area contributed by atoms with Crippen LogP contribution in [0.1, 0.15) is 90.3 Å². The molecule has 2 unspecified atom stereocenters. The van der Waals surface area contributed by atoms with Gasteiger partial charge in [-0.3, -0.25) is 0 Å². The van der Waals surface area contributed by atoms with Gasteiger partial charge in [-0.2, -0.15) is 0 Å². The predicted molar refractivity (Wildman–Crippen MR) is 109 cm³/mol. The number of aromatic carboxylic acids is 2. The van der Waals surface area contributed by atoms with E-state index in [0.717, 1.165) is 43.2 Å². The number of hydrogen-bond donors (Lipinski definition) is 2. The van der Waals surface area contributed by atoms with Gasteiger partial charge in [0.05, 0.1) is 11.1 Å². The highest BCUT2D eigenvalue weighted by Crippen LogP contribution is 2.57. The fraction of sp³-hybridized carbons (Fsp3) is 0.417. The van der Waals surface area contributed by atoms with Crippen LogP contribution in [0, 0.1) is 0 Å². The molecule has 1 aliphatic rings. The van der Waals surface area contributed by atoms with Crippen molar-refractivity contribution in [2.45, 2.75) is 63.7 Å². The van der Waals surface area contributed by atoms with E-state index in [1.807, 2.05) is 24.3 Å². The largest absolute Gasteiger partial charge is 0.478 e. The van der Waals surface area contributed by atoms with Gasteiger partial charge in [0.15, 0.2) is 0 Å². The van der Waals surface area contributed by atoms with Crippen molar-refractivity contribution >= 4 is 11.9 Å². The standard InChI is InChI=1S/C24H28O4/c1-4-12-23(3)15-24(13-5-2,18-9-6-16(7-10-18)21(25)26)20-14-17(22(27)28)8-11-19(20)23/h6-11,14H,4-5,12-13,15H2,1-3H3,(H,25,26)(H,27,28). The molecule has 4 heteroatoms. The number of carboxylic acids is 2. The molecule has 0 aliphatic heterocycles. The molecule has 0 heterocycles. The Morgan fingerprint density at radius 3 is 1.96 bits per heavy atom. The fourth-order valence-electron chi connectivity index (χ4n) is 5.21. The monoisotopic (exact) mass is 380 g/mol. The van der Waals surface area contributed by atoms with Crippen LogP contribution in [0.25, 0.3) is 0 Å².